The minimum absolute atomic E-state index is 0.0281. The van der Waals surface area contributed by atoms with Gasteiger partial charge in [-0.1, -0.05) is 36.4 Å². The average Bonchev–Trinajstić information content (AvgIpc) is 3.56. The predicted octanol–water partition coefficient (Wildman–Crippen LogP) is 3.98. The predicted molar refractivity (Wildman–Crippen MR) is 121 cm³/mol. The van der Waals surface area contributed by atoms with E-state index in [9.17, 15) is 10.1 Å². The van der Waals surface area contributed by atoms with Crippen molar-refractivity contribution in [2.75, 3.05) is 31.1 Å². The summed E-state index contributed by atoms with van der Waals surface area (Å²) in [4.78, 5) is 21.2. The molecule has 6 nitrogen and oxygen atoms in total. The van der Waals surface area contributed by atoms with Gasteiger partial charge in [0.2, 0.25) is 5.89 Å². The van der Waals surface area contributed by atoms with Gasteiger partial charge in [-0.3, -0.25) is 9.69 Å². The monoisotopic (exact) mass is 426 g/mol. The third-order valence-corrected chi connectivity index (χ3v) is 6.41. The summed E-state index contributed by atoms with van der Waals surface area (Å²) in [5.74, 6) is 1.25. The average molecular weight is 427 g/mol. The Morgan fingerprint density at radius 3 is 2.56 bits per heavy atom. The molecule has 2 heterocycles. The van der Waals surface area contributed by atoms with E-state index in [2.05, 4.69) is 33.0 Å². The van der Waals surface area contributed by atoms with Crippen molar-refractivity contribution in [1.82, 2.24) is 9.88 Å². The van der Waals surface area contributed by atoms with Gasteiger partial charge in [0, 0.05) is 38.5 Å². The molecule has 1 aliphatic carbocycles. The second-order valence-electron chi connectivity index (χ2n) is 8.59. The van der Waals surface area contributed by atoms with Crippen molar-refractivity contribution in [1.29, 1.82) is 5.26 Å². The number of rotatable bonds is 7. The molecule has 1 saturated carbocycles. The van der Waals surface area contributed by atoms with Gasteiger partial charge in [0.15, 0.2) is 0 Å². The molecule has 1 aliphatic heterocycles. The molecule has 0 N–H and O–H groups in total. The number of hydrogen-bond donors (Lipinski definition) is 0. The summed E-state index contributed by atoms with van der Waals surface area (Å²) in [6.07, 6.45) is 5.78. The third-order valence-electron chi connectivity index (χ3n) is 6.41. The number of nitriles is 1. The zero-order chi connectivity index (χ0) is 21.9. The number of carbonyl (C=O) groups is 1. The van der Waals surface area contributed by atoms with Crippen molar-refractivity contribution < 1.29 is 9.21 Å². The highest BCUT2D eigenvalue weighted by molar-refractivity contribution is 5.85. The van der Waals surface area contributed by atoms with Gasteiger partial charge in [-0.2, -0.15) is 5.26 Å². The summed E-state index contributed by atoms with van der Waals surface area (Å²) >= 11 is 0. The first kappa shape index (κ1) is 20.5. The Bertz CT molecular complexity index is 1110. The van der Waals surface area contributed by atoms with E-state index in [-0.39, 0.29) is 12.0 Å². The molecule has 162 valence electrons. The summed E-state index contributed by atoms with van der Waals surface area (Å²) < 4.78 is 5.68. The van der Waals surface area contributed by atoms with Crippen LogP contribution in [-0.2, 0) is 11.2 Å². The van der Waals surface area contributed by atoms with Gasteiger partial charge in [0.05, 0.1) is 17.4 Å². The number of nitrogens with zero attached hydrogens (tertiary/aromatic N) is 4. The maximum absolute atomic E-state index is 12.2. The van der Waals surface area contributed by atoms with Crippen LogP contribution in [0, 0.1) is 17.2 Å². The lowest BCUT2D eigenvalue weighted by molar-refractivity contribution is -0.119. The van der Waals surface area contributed by atoms with E-state index < -0.39 is 0 Å². The molecule has 32 heavy (non-hydrogen) atoms. The molecule has 1 unspecified atom stereocenters. The van der Waals surface area contributed by atoms with Gasteiger partial charge in [-0.05, 0) is 36.1 Å². The van der Waals surface area contributed by atoms with Crippen LogP contribution in [0.2, 0.25) is 0 Å². The Hall–Kier alpha value is -3.43. The van der Waals surface area contributed by atoms with Crippen LogP contribution in [0.3, 0.4) is 0 Å². The number of hydrogen-bond acceptors (Lipinski definition) is 6. The number of aromatic nitrogens is 1. The number of carbonyl (C=O) groups excluding carboxylic acids is 1. The maximum Gasteiger partial charge on any atom is 0.215 e. The van der Waals surface area contributed by atoms with Gasteiger partial charge < -0.3 is 9.32 Å². The number of ketones is 1. The van der Waals surface area contributed by atoms with Crippen molar-refractivity contribution in [3.8, 4) is 6.07 Å². The number of piperazine rings is 1. The molecule has 0 bridgehead atoms. The van der Waals surface area contributed by atoms with Crippen molar-refractivity contribution in [3.05, 3.63) is 83.6 Å². The maximum atomic E-state index is 12.2. The van der Waals surface area contributed by atoms with Crippen LogP contribution in [0.5, 0.6) is 0 Å². The summed E-state index contributed by atoms with van der Waals surface area (Å²) in [5, 5.41) is 9.75. The van der Waals surface area contributed by atoms with Crippen LogP contribution in [0.25, 0.3) is 0 Å². The zero-order valence-corrected chi connectivity index (χ0v) is 18.0. The van der Waals surface area contributed by atoms with Crippen molar-refractivity contribution in [2.45, 2.75) is 25.3 Å². The highest BCUT2D eigenvalue weighted by Gasteiger charge is 2.31. The molecule has 2 aliphatic rings. The van der Waals surface area contributed by atoms with E-state index in [0.717, 1.165) is 55.8 Å². The third kappa shape index (κ3) is 4.30. The Labute approximate surface area is 188 Å². The second kappa shape index (κ2) is 8.97. The topological polar surface area (TPSA) is 73.4 Å². The van der Waals surface area contributed by atoms with Crippen LogP contribution < -0.4 is 4.90 Å². The van der Waals surface area contributed by atoms with E-state index in [0.29, 0.717) is 23.7 Å². The van der Waals surface area contributed by atoms with Gasteiger partial charge in [-0.25, -0.2) is 4.98 Å². The van der Waals surface area contributed by atoms with E-state index in [4.69, 9.17) is 4.42 Å². The lowest BCUT2D eigenvalue weighted by Crippen LogP contribution is -2.48. The van der Waals surface area contributed by atoms with Crippen molar-refractivity contribution in [2.24, 2.45) is 5.92 Å². The minimum Gasteiger partial charge on any atom is -0.447 e. The number of anilines is 1. The lowest BCUT2D eigenvalue weighted by Gasteiger charge is -2.39. The molecule has 1 aromatic heterocycles. The normalized spacial score (nSPS) is 17.7. The molecule has 5 rings (SSSR count). The van der Waals surface area contributed by atoms with Crippen LogP contribution in [-0.4, -0.2) is 41.8 Å². The summed E-state index contributed by atoms with van der Waals surface area (Å²) in [7, 11) is 0. The Morgan fingerprint density at radius 2 is 1.91 bits per heavy atom. The SMILES string of the molecule is N#Cc1cc(CC(=O)C2CC2)ccc1N1CCN(C(c2ccccc2)c2ncco2)CC1. The van der Waals surface area contributed by atoms with Crippen LogP contribution >= 0.6 is 0 Å². The summed E-state index contributed by atoms with van der Waals surface area (Å²) in [6, 6.07) is 18.5. The van der Waals surface area contributed by atoms with E-state index in [1.807, 2.05) is 36.4 Å². The van der Waals surface area contributed by atoms with E-state index in [1.54, 1.807) is 12.5 Å². The molecule has 0 spiro atoms. The molecule has 0 radical (unpaired) electrons. The summed E-state index contributed by atoms with van der Waals surface area (Å²) in [6.45, 7) is 3.27. The molecule has 2 fully saturated rings. The van der Waals surface area contributed by atoms with Crippen LogP contribution in [0.1, 0.15) is 41.5 Å². The number of oxazole rings is 1. The molecule has 6 heteroatoms. The quantitative estimate of drug-likeness (QED) is 0.569. The summed E-state index contributed by atoms with van der Waals surface area (Å²) in [5.41, 5.74) is 3.69. The lowest BCUT2D eigenvalue weighted by atomic mass is 10.0. The Morgan fingerprint density at radius 1 is 1.12 bits per heavy atom. The van der Waals surface area contributed by atoms with Gasteiger partial charge in [-0.15, -0.1) is 0 Å². The van der Waals surface area contributed by atoms with Crippen LogP contribution in [0.4, 0.5) is 5.69 Å². The van der Waals surface area contributed by atoms with Gasteiger partial charge in [0.1, 0.15) is 24.2 Å². The molecule has 3 aromatic rings. The molecule has 0 amide bonds. The fraction of sp³-hybridized carbons (Fsp3) is 0.346. The molecule has 1 saturated heterocycles. The smallest absolute Gasteiger partial charge is 0.215 e. The molecule has 2 aromatic carbocycles. The Kier molecular flexibility index (Phi) is 5.74. The van der Waals surface area contributed by atoms with Crippen molar-refractivity contribution in [3.63, 3.8) is 0 Å². The first-order valence-electron chi connectivity index (χ1n) is 11.2. The number of benzene rings is 2. The standard InChI is InChI=1S/C26H26N4O2/c27-18-22-16-19(17-24(31)20-7-8-20)6-9-23(22)29-11-13-30(14-12-29)25(26-28-10-15-32-26)21-4-2-1-3-5-21/h1-6,9-10,15-16,20,25H,7-8,11-14,17H2. The largest absolute Gasteiger partial charge is 0.447 e. The molecule has 1 atom stereocenters. The Balaban J connectivity index is 1.30. The van der Waals surface area contributed by atoms with Gasteiger partial charge in [0.25, 0.3) is 0 Å². The highest BCUT2D eigenvalue weighted by atomic mass is 16.3. The fourth-order valence-corrected chi connectivity index (χ4v) is 4.54. The minimum atomic E-state index is -0.0281. The number of Topliss-reactive ketones (excluding diaryl/α,β-unsaturated/α-hetero) is 1. The zero-order valence-electron chi connectivity index (χ0n) is 18.0. The fourth-order valence-electron chi connectivity index (χ4n) is 4.54. The van der Waals surface area contributed by atoms with Crippen LogP contribution in [0.15, 0.2) is 65.4 Å². The first-order chi connectivity index (χ1) is 15.7. The molecular formula is C26H26N4O2. The van der Waals surface area contributed by atoms with E-state index >= 15 is 0 Å². The second-order valence-corrected chi connectivity index (χ2v) is 8.59. The molecular weight excluding hydrogens is 400 g/mol. The first-order valence-corrected chi connectivity index (χ1v) is 11.2. The van der Waals surface area contributed by atoms with Gasteiger partial charge >= 0.3 is 0 Å². The van der Waals surface area contributed by atoms with Crippen molar-refractivity contribution >= 4 is 11.5 Å². The van der Waals surface area contributed by atoms with E-state index in [1.165, 1.54) is 0 Å². The highest BCUT2D eigenvalue weighted by Crippen LogP contribution is 2.32.